The topological polar surface area (TPSA) is 38.0 Å². The van der Waals surface area contributed by atoms with Crippen LogP contribution in [0.5, 0.6) is 0 Å². The summed E-state index contributed by atoms with van der Waals surface area (Å²) >= 11 is 0. The zero-order chi connectivity index (χ0) is 11.5. The zero-order valence-electron chi connectivity index (χ0n) is 8.37. The molecule has 0 amide bonds. The van der Waals surface area contributed by atoms with Crippen LogP contribution in [0.15, 0.2) is 42.5 Å². The van der Waals surface area contributed by atoms with Crippen LogP contribution in [0.1, 0.15) is 0 Å². The van der Waals surface area contributed by atoms with Crippen molar-refractivity contribution in [1.82, 2.24) is 0 Å². The van der Waals surface area contributed by atoms with Crippen LogP contribution in [-0.2, 0) is 0 Å². The monoisotopic (exact) mass is 220 g/mol. The van der Waals surface area contributed by atoms with E-state index in [2.05, 4.69) is 5.32 Å². The molecule has 0 bridgehead atoms. The summed E-state index contributed by atoms with van der Waals surface area (Å²) in [4.78, 5) is 0. The second-order valence-corrected chi connectivity index (χ2v) is 3.34. The molecule has 0 heterocycles. The van der Waals surface area contributed by atoms with Gasteiger partial charge in [-0.2, -0.15) is 0 Å². The van der Waals surface area contributed by atoms with Gasteiger partial charge >= 0.3 is 0 Å². The van der Waals surface area contributed by atoms with Gasteiger partial charge in [0.15, 0.2) is 0 Å². The Balaban J connectivity index is 2.34. The predicted octanol–water partition coefficient (Wildman–Crippen LogP) is 3.29. The van der Waals surface area contributed by atoms with E-state index >= 15 is 0 Å². The highest BCUT2D eigenvalue weighted by atomic mass is 19.1. The molecule has 0 aliphatic rings. The third kappa shape index (κ3) is 2.11. The van der Waals surface area contributed by atoms with Crippen molar-refractivity contribution < 1.29 is 8.78 Å². The fourth-order valence-corrected chi connectivity index (χ4v) is 1.34. The number of nitrogen functional groups attached to an aromatic ring is 1. The molecule has 0 saturated carbocycles. The Hall–Kier alpha value is -2.10. The van der Waals surface area contributed by atoms with Crippen LogP contribution in [0.25, 0.3) is 0 Å². The van der Waals surface area contributed by atoms with Gasteiger partial charge in [-0.3, -0.25) is 0 Å². The van der Waals surface area contributed by atoms with Gasteiger partial charge in [-0.05, 0) is 30.3 Å². The van der Waals surface area contributed by atoms with Gasteiger partial charge in [0, 0.05) is 0 Å². The first-order valence-corrected chi connectivity index (χ1v) is 4.73. The Labute approximate surface area is 91.7 Å². The van der Waals surface area contributed by atoms with Gasteiger partial charge in [-0.15, -0.1) is 0 Å². The molecule has 0 spiro atoms. The third-order valence-corrected chi connectivity index (χ3v) is 2.16. The van der Waals surface area contributed by atoms with Crippen LogP contribution in [0.2, 0.25) is 0 Å². The largest absolute Gasteiger partial charge is 0.397 e. The average Bonchev–Trinajstić information content (AvgIpc) is 2.27. The normalized spacial score (nSPS) is 10.1. The number of benzene rings is 2. The van der Waals surface area contributed by atoms with Crippen LogP contribution < -0.4 is 11.1 Å². The zero-order valence-corrected chi connectivity index (χ0v) is 8.37. The van der Waals surface area contributed by atoms with Crippen molar-refractivity contribution in [2.24, 2.45) is 0 Å². The van der Waals surface area contributed by atoms with Crippen molar-refractivity contribution in [1.29, 1.82) is 0 Å². The van der Waals surface area contributed by atoms with Crippen molar-refractivity contribution >= 4 is 17.1 Å². The van der Waals surface area contributed by atoms with Gasteiger partial charge in [0.25, 0.3) is 0 Å². The third-order valence-electron chi connectivity index (χ3n) is 2.16. The maximum atomic E-state index is 13.3. The highest BCUT2D eigenvalue weighted by Gasteiger charge is 2.04. The summed E-state index contributed by atoms with van der Waals surface area (Å²) in [5.41, 5.74) is 6.62. The predicted molar refractivity (Wildman–Crippen MR) is 60.5 cm³/mol. The maximum Gasteiger partial charge on any atom is 0.146 e. The molecule has 0 aliphatic carbocycles. The molecule has 0 fully saturated rings. The van der Waals surface area contributed by atoms with Gasteiger partial charge in [0.2, 0.25) is 0 Å². The first-order chi connectivity index (χ1) is 7.66. The van der Waals surface area contributed by atoms with E-state index in [1.54, 1.807) is 18.2 Å². The summed E-state index contributed by atoms with van der Waals surface area (Å²) in [6.07, 6.45) is 0. The lowest BCUT2D eigenvalue weighted by atomic mass is 10.2. The summed E-state index contributed by atoms with van der Waals surface area (Å²) in [7, 11) is 0. The lowest BCUT2D eigenvalue weighted by Gasteiger charge is -2.09. The molecular weight excluding hydrogens is 210 g/mol. The molecule has 4 heteroatoms. The number of rotatable bonds is 2. The maximum absolute atomic E-state index is 13.3. The van der Waals surface area contributed by atoms with Crippen LogP contribution in [-0.4, -0.2) is 0 Å². The summed E-state index contributed by atoms with van der Waals surface area (Å²) < 4.78 is 26.3. The van der Waals surface area contributed by atoms with Crippen molar-refractivity contribution in [3.63, 3.8) is 0 Å². The van der Waals surface area contributed by atoms with Gasteiger partial charge < -0.3 is 11.1 Å². The number of nitrogens with one attached hydrogen (secondary N) is 1. The van der Waals surface area contributed by atoms with E-state index in [0.29, 0.717) is 11.4 Å². The highest BCUT2D eigenvalue weighted by Crippen LogP contribution is 2.25. The van der Waals surface area contributed by atoms with Crippen molar-refractivity contribution in [2.75, 3.05) is 11.1 Å². The highest BCUT2D eigenvalue weighted by molar-refractivity contribution is 5.72. The summed E-state index contributed by atoms with van der Waals surface area (Å²) in [5.74, 6) is -0.834. The van der Waals surface area contributed by atoms with Crippen LogP contribution in [0.3, 0.4) is 0 Å². The molecule has 2 nitrogen and oxygen atoms in total. The minimum atomic E-state index is -0.423. The molecule has 2 aromatic rings. The Morgan fingerprint density at radius 1 is 0.938 bits per heavy atom. The van der Waals surface area contributed by atoms with E-state index in [0.717, 1.165) is 0 Å². The van der Waals surface area contributed by atoms with E-state index < -0.39 is 11.6 Å². The molecule has 16 heavy (non-hydrogen) atoms. The smallest absolute Gasteiger partial charge is 0.146 e. The number of para-hydroxylation sites is 1. The molecule has 2 aromatic carbocycles. The SMILES string of the molecule is Nc1ccc(F)cc1Nc1ccccc1F. The quantitative estimate of drug-likeness (QED) is 0.762. The number of anilines is 3. The Morgan fingerprint density at radius 2 is 1.69 bits per heavy atom. The van der Waals surface area contributed by atoms with Gasteiger partial charge in [0.05, 0.1) is 17.1 Å². The molecular formula is C12H10F2N2. The Kier molecular flexibility index (Phi) is 2.72. The molecule has 0 unspecified atom stereocenters. The van der Waals surface area contributed by atoms with Crippen LogP contribution in [0, 0.1) is 11.6 Å². The first-order valence-electron chi connectivity index (χ1n) is 4.73. The molecule has 0 atom stereocenters. The van der Waals surface area contributed by atoms with Crippen LogP contribution in [0.4, 0.5) is 25.8 Å². The minimum Gasteiger partial charge on any atom is -0.397 e. The van der Waals surface area contributed by atoms with Crippen molar-refractivity contribution in [2.45, 2.75) is 0 Å². The van der Waals surface area contributed by atoms with Gasteiger partial charge in [-0.25, -0.2) is 8.78 Å². The van der Waals surface area contributed by atoms with Crippen molar-refractivity contribution in [3.8, 4) is 0 Å². The number of halogens is 2. The fourth-order valence-electron chi connectivity index (χ4n) is 1.34. The lowest BCUT2D eigenvalue weighted by Crippen LogP contribution is -1.98. The van der Waals surface area contributed by atoms with E-state index in [9.17, 15) is 8.78 Å². The first kappa shape index (κ1) is 10.4. The molecule has 2 rings (SSSR count). The van der Waals surface area contributed by atoms with Crippen LogP contribution >= 0.6 is 0 Å². The molecule has 0 radical (unpaired) electrons. The summed E-state index contributed by atoms with van der Waals surface area (Å²) in [6.45, 7) is 0. The molecule has 3 N–H and O–H groups in total. The number of hydrogen-bond donors (Lipinski definition) is 2. The van der Waals surface area contributed by atoms with E-state index in [1.165, 1.54) is 24.3 Å². The lowest BCUT2D eigenvalue weighted by molar-refractivity contribution is 0.627. The fraction of sp³-hybridized carbons (Fsp3) is 0. The summed E-state index contributed by atoms with van der Waals surface area (Å²) in [5, 5.41) is 2.74. The standard InChI is InChI=1S/C12H10F2N2/c13-8-5-6-10(15)12(7-8)16-11-4-2-1-3-9(11)14/h1-7,16H,15H2. The molecule has 0 aromatic heterocycles. The van der Waals surface area contributed by atoms with Gasteiger partial charge in [0.1, 0.15) is 11.6 Å². The Bertz CT molecular complexity index is 512. The number of nitrogens with two attached hydrogens (primary N) is 1. The molecule has 0 aliphatic heterocycles. The summed E-state index contributed by atoms with van der Waals surface area (Å²) in [6, 6.07) is 10.0. The number of hydrogen-bond acceptors (Lipinski definition) is 2. The molecule has 0 saturated heterocycles. The Morgan fingerprint density at radius 3 is 2.44 bits per heavy atom. The van der Waals surface area contributed by atoms with E-state index in [1.807, 2.05) is 0 Å². The van der Waals surface area contributed by atoms with Crippen molar-refractivity contribution in [3.05, 3.63) is 54.1 Å². The average molecular weight is 220 g/mol. The van der Waals surface area contributed by atoms with E-state index in [4.69, 9.17) is 5.73 Å². The molecule has 82 valence electrons. The minimum absolute atomic E-state index is 0.264. The second-order valence-electron chi connectivity index (χ2n) is 3.34. The second kappa shape index (κ2) is 4.18. The van der Waals surface area contributed by atoms with Gasteiger partial charge in [-0.1, -0.05) is 12.1 Å². The van der Waals surface area contributed by atoms with E-state index in [-0.39, 0.29) is 5.69 Å².